The van der Waals surface area contributed by atoms with Gasteiger partial charge in [0.1, 0.15) is 0 Å². The van der Waals surface area contributed by atoms with Crippen LogP contribution in [0.4, 0.5) is 5.69 Å². The second kappa shape index (κ2) is 5.40. The lowest BCUT2D eigenvalue weighted by atomic mass is 10.1. The summed E-state index contributed by atoms with van der Waals surface area (Å²) in [6.07, 6.45) is 2.15. The molecule has 1 aromatic heterocycles. The van der Waals surface area contributed by atoms with Crippen molar-refractivity contribution >= 4 is 17.6 Å². The van der Waals surface area contributed by atoms with E-state index in [1.165, 1.54) is 0 Å². The van der Waals surface area contributed by atoms with Gasteiger partial charge in [-0.15, -0.1) is 0 Å². The normalized spacial score (nSPS) is 13.9. The van der Waals surface area contributed by atoms with Crippen LogP contribution in [0.3, 0.4) is 0 Å². The molecule has 0 radical (unpaired) electrons. The average molecular weight is 286 g/mol. The van der Waals surface area contributed by atoms with Crippen molar-refractivity contribution in [2.24, 2.45) is 0 Å². The minimum Gasteiger partial charge on any atom is -0.481 e. The lowest BCUT2D eigenvalue weighted by Crippen LogP contribution is -2.11. The maximum Gasteiger partial charge on any atom is 0.307 e. The summed E-state index contributed by atoms with van der Waals surface area (Å²) in [7, 11) is 0. The van der Waals surface area contributed by atoms with Crippen LogP contribution in [0.25, 0.3) is 0 Å². The predicted molar refractivity (Wildman–Crippen MR) is 74.2 cm³/mol. The number of carboxylic acids is 1. The first-order valence-corrected chi connectivity index (χ1v) is 6.70. The topological polar surface area (TPSA) is 92.4 Å². The minimum absolute atomic E-state index is 0.0406. The third-order valence-electron chi connectivity index (χ3n) is 3.31. The number of nitrogens with zero attached hydrogens (tertiary/aromatic N) is 1. The lowest BCUT2D eigenvalue weighted by molar-refractivity contribution is -0.136. The van der Waals surface area contributed by atoms with Gasteiger partial charge in [-0.1, -0.05) is 17.3 Å². The number of nitrogens with one attached hydrogen (secondary N) is 1. The van der Waals surface area contributed by atoms with Crippen LogP contribution in [-0.4, -0.2) is 22.1 Å². The summed E-state index contributed by atoms with van der Waals surface area (Å²) in [6.45, 7) is 0. The van der Waals surface area contributed by atoms with Gasteiger partial charge in [-0.2, -0.15) is 0 Å². The van der Waals surface area contributed by atoms with Crippen molar-refractivity contribution in [3.05, 3.63) is 47.3 Å². The van der Waals surface area contributed by atoms with E-state index in [1.807, 2.05) is 0 Å². The monoisotopic (exact) mass is 286 g/mol. The van der Waals surface area contributed by atoms with Gasteiger partial charge >= 0.3 is 5.97 Å². The molecule has 1 fully saturated rings. The molecule has 0 saturated heterocycles. The molecule has 6 nitrogen and oxygen atoms in total. The maximum atomic E-state index is 12.0. The number of carboxylic acid groups (broad SMARTS) is 1. The van der Waals surface area contributed by atoms with Crippen LogP contribution in [-0.2, 0) is 11.2 Å². The zero-order valence-corrected chi connectivity index (χ0v) is 11.2. The third kappa shape index (κ3) is 3.28. The zero-order valence-electron chi connectivity index (χ0n) is 11.2. The van der Waals surface area contributed by atoms with Gasteiger partial charge in [0.2, 0.25) is 5.76 Å². The van der Waals surface area contributed by atoms with E-state index in [4.69, 9.17) is 9.63 Å². The van der Waals surface area contributed by atoms with Gasteiger partial charge in [-0.25, -0.2) is 0 Å². The molecule has 3 rings (SSSR count). The van der Waals surface area contributed by atoms with Crippen LogP contribution in [0.5, 0.6) is 0 Å². The minimum atomic E-state index is -0.888. The summed E-state index contributed by atoms with van der Waals surface area (Å²) in [5.74, 6) is -0.626. The summed E-state index contributed by atoms with van der Waals surface area (Å²) in [5.41, 5.74) is 2.09. The van der Waals surface area contributed by atoms with E-state index in [9.17, 15) is 9.59 Å². The molecular formula is C15H14N2O4. The van der Waals surface area contributed by atoms with Crippen molar-refractivity contribution in [3.63, 3.8) is 0 Å². The molecule has 0 aliphatic heterocycles. The number of carbonyl (C=O) groups excluding carboxylic acids is 1. The van der Waals surface area contributed by atoms with Crippen LogP contribution in [0, 0.1) is 0 Å². The van der Waals surface area contributed by atoms with Crippen LogP contribution >= 0.6 is 0 Å². The van der Waals surface area contributed by atoms with Crippen LogP contribution < -0.4 is 5.32 Å². The van der Waals surface area contributed by atoms with E-state index in [0.29, 0.717) is 17.2 Å². The highest BCUT2D eigenvalue weighted by Gasteiger charge is 2.28. The molecular weight excluding hydrogens is 272 g/mol. The molecule has 0 bridgehead atoms. The van der Waals surface area contributed by atoms with Crippen molar-refractivity contribution in [3.8, 4) is 0 Å². The number of hydrogen-bond acceptors (Lipinski definition) is 4. The number of rotatable bonds is 5. The molecule has 2 N–H and O–H groups in total. The number of carbonyl (C=O) groups is 2. The van der Waals surface area contributed by atoms with Gasteiger partial charge in [0.15, 0.2) is 0 Å². The van der Waals surface area contributed by atoms with Crippen LogP contribution in [0.15, 0.2) is 34.9 Å². The Morgan fingerprint density at radius 3 is 2.62 bits per heavy atom. The fourth-order valence-electron chi connectivity index (χ4n) is 2.04. The van der Waals surface area contributed by atoms with E-state index >= 15 is 0 Å². The molecule has 1 heterocycles. The highest BCUT2D eigenvalue weighted by molar-refractivity contribution is 6.02. The predicted octanol–water partition coefficient (Wildman–Crippen LogP) is 2.43. The third-order valence-corrected chi connectivity index (χ3v) is 3.31. The average Bonchev–Trinajstić information content (AvgIpc) is 3.18. The van der Waals surface area contributed by atoms with Crippen molar-refractivity contribution in [2.75, 3.05) is 5.32 Å². The second-order valence-electron chi connectivity index (χ2n) is 5.11. The van der Waals surface area contributed by atoms with Gasteiger partial charge in [-0.3, -0.25) is 9.59 Å². The van der Waals surface area contributed by atoms with Gasteiger partial charge in [0.25, 0.3) is 5.91 Å². The first kappa shape index (κ1) is 13.4. The summed E-state index contributed by atoms with van der Waals surface area (Å²) < 4.78 is 5.04. The molecule has 0 unspecified atom stereocenters. The van der Waals surface area contributed by atoms with Gasteiger partial charge < -0.3 is 14.9 Å². The van der Waals surface area contributed by atoms with Crippen molar-refractivity contribution in [1.29, 1.82) is 0 Å². The summed E-state index contributed by atoms with van der Waals surface area (Å²) >= 11 is 0. The van der Waals surface area contributed by atoms with Crippen LogP contribution in [0.2, 0.25) is 0 Å². The number of aliphatic carboxylic acids is 1. The zero-order chi connectivity index (χ0) is 14.8. The second-order valence-corrected chi connectivity index (χ2v) is 5.11. The van der Waals surface area contributed by atoms with Crippen LogP contribution in [0.1, 0.15) is 40.6 Å². The Balaban J connectivity index is 1.64. The van der Waals surface area contributed by atoms with E-state index in [1.54, 1.807) is 30.3 Å². The molecule has 108 valence electrons. The number of aromatic nitrogens is 1. The smallest absolute Gasteiger partial charge is 0.307 e. The largest absolute Gasteiger partial charge is 0.481 e. The number of anilines is 1. The molecule has 1 amide bonds. The lowest BCUT2D eigenvalue weighted by Gasteiger charge is -2.03. The highest BCUT2D eigenvalue weighted by atomic mass is 16.5. The summed E-state index contributed by atoms with van der Waals surface area (Å²) in [4.78, 5) is 22.6. The SMILES string of the molecule is O=C(O)Cc1ccc(NC(=O)c2cc(C3CC3)no2)cc1. The molecule has 6 heteroatoms. The number of hydrogen-bond donors (Lipinski definition) is 2. The molecule has 1 aromatic carbocycles. The fraction of sp³-hybridized carbons (Fsp3) is 0.267. The van der Waals surface area contributed by atoms with E-state index in [2.05, 4.69) is 10.5 Å². The summed E-state index contributed by atoms with van der Waals surface area (Å²) in [5, 5.41) is 15.3. The Morgan fingerprint density at radius 1 is 1.29 bits per heavy atom. The molecule has 21 heavy (non-hydrogen) atoms. The van der Waals surface area contributed by atoms with E-state index in [-0.39, 0.29) is 18.1 Å². The Morgan fingerprint density at radius 2 is 2.00 bits per heavy atom. The van der Waals surface area contributed by atoms with Gasteiger partial charge in [-0.05, 0) is 30.5 Å². The van der Waals surface area contributed by atoms with Crippen molar-refractivity contribution in [2.45, 2.75) is 25.2 Å². The quantitative estimate of drug-likeness (QED) is 0.880. The number of benzene rings is 1. The molecule has 2 aromatic rings. The first-order valence-electron chi connectivity index (χ1n) is 6.70. The van der Waals surface area contributed by atoms with E-state index < -0.39 is 5.97 Å². The molecule has 0 atom stereocenters. The molecule has 0 spiro atoms. The Hall–Kier alpha value is -2.63. The molecule has 1 saturated carbocycles. The van der Waals surface area contributed by atoms with Gasteiger partial charge in [0.05, 0.1) is 12.1 Å². The Labute approximate surface area is 120 Å². The Bertz CT molecular complexity index is 671. The molecule has 1 aliphatic rings. The highest BCUT2D eigenvalue weighted by Crippen LogP contribution is 2.39. The van der Waals surface area contributed by atoms with E-state index in [0.717, 1.165) is 18.5 Å². The molecule has 1 aliphatic carbocycles. The summed E-state index contributed by atoms with van der Waals surface area (Å²) in [6, 6.07) is 8.33. The standard InChI is InChI=1S/C15H14N2O4/c18-14(19)7-9-1-5-11(6-2-9)16-15(20)13-8-12(17-21-13)10-3-4-10/h1-2,5-6,8,10H,3-4,7H2,(H,16,20)(H,18,19). The fourth-order valence-corrected chi connectivity index (χ4v) is 2.04. The van der Waals surface area contributed by atoms with Crippen molar-refractivity contribution in [1.82, 2.24) is 5.16 Å². The first-order chi connectivity index (χ1) is 10.1. The Kier molecular flexibility index (Phi) is 3.43. The van der Waals surface area contributed by atoms with Gasteiger partial charge in [0, 0.05) is 17.7 Å². The van der Waals surface area contributed by atoms with Crippen molar-refractivity contribution < 1.29 is 19.2 Å². The number of amides is 1. The maximum absolute atomic E-state index is 12.0.